The van der Waals surface area contributed by atoms with E-state index in [1.165, 1.54) is 12.8 Å². The van der Waals surface area contributed by atoms with Crippen LogP contribution in [0.4, 0.5) is 11.4 Å². The highest BCUT2D eigenvalue weighted by Gasteiger charge is 2.29. The fourth-order valence-electron chi connectivity index (χ4n) is 3.38. The summed E-state index contributed by atoms with van der Waals surface area (Å²) in [5.41, 5.74) is 2.87. The smallest absolute Gasteiger partial charge is 0.248 e. The monoisotopic (exact) mass is 386 g/mol. The highest BCUT2D eigenvalue weighted by molar-refractivity contribution is 6.30. The number of hydrogen-bond acceptors (Lipinski definition) is 4. The van der Waals surface area contributed by atoms with Crippen molar-refractivity contribution in [1.82, 2.24) is 10.3 Å². The van der Waals surface area contributed by atoms with E-state index in [1.807, 2.05) is 24.4 Å². The summed E-state index contributed by atoms with van der Waals surface area (Å²) in [5, 5.41) is 6.92. The fraction of sp³-hybridized carbons (Fsp3) is 0.429. The molecule has 1 aliphatic rings. The van der Waals surface area contributed by atoms with Crippen molar-refractivity contribution < 1.29 is 4.79 Å². The molecular formula is C21H27ClN4O. The Morgan fingerprint density at radius 2 is 2.22 bits per heavy atom. The van der Waals surface area contributed by atoms with E-state index in [0.717, 1.165) is 37.3 Å². The molecule has 144 valence electrons. The molecule has 1 aromatic carbocycles. The van der Waals surface area contributed by atoms with Gasteiger partial charge in [0, 0.05) is 47.9 Å². The molecule has 3 rings (SSSR count). The lowest BCUT2D eigenvalue weighted by Gasteiger charge is -2.37. The molecule has 0 saturated carbocycles. The van der Waals surface area contributed by atoms with Crippen LogP contribution in [-0.4, -0.2) is 36.6 Å². The summed E-state index contributed by atoms with van der Waals surface area (Å²) < 4.78 is 0. The Morgan fingerprint density at radius 1 is 1.33 bits per heavy atom. The maximum Gasteiger partial charge on any atom is 0.248 e. The molecule has 27 heavy (non-hydrogen) atoms. The minimum atomic E-state index is -0.274. The predicted molar refractivity (Wildman–Crippen MR) is 112 cm³/mol. The summed E-state index contributed by atoms with van der Waals surface area (Å²) in [6.45, 7) is 4.45. The van der Waals surface area contributed by atoms with Crippen LogP contribution in [0.3, 0.4) is 0 Å². The lowest BCUT2D eigenvalue weighted by molar-refractivity contribution is -0.117. The first-order chi connectivity index (χ1) is 13.2. The Balaban J connectivity index is 1.73. The summed E-state index contributed by atoms with van der Waals surface area (Å²) in [4.78, 5) is 19.6. The van der Waals surface area contributed by atoms with E-state index in [0.29, 0.717) is 17.3 Å². The lowest BCUT2D eigenvalue weighted by Crippen LogP contribution is -2.56. The summed E-state index contributed by atoms with van der Waals surface area (Å²) in [6.07, 6.45) is 6.39. The molecule has 6 heteroatoms. The number of anilines is 2. The van der Waals surface area contributed by atoms with E-state index in [2.05, 4.69) is 33.5 Å². The summed E-state index contributed by atoms with van der Waals surface area (Å²) in [6, 6.07) is 11.1. The highest BCUT2D eigenvalue weighted by atomic mass is 35.5. The van der Waals surface area contributed by atoms with Gasteiger partial charge in [-0.15, -0.1) is 0 Å². The quantitative estimate of drug-likeness (QED) is 0.709. The molecule has 5 nitrogen and oxygen atoms in total. The number of amides is 1. The first-order valence-electron chi connectivity index (χ1n) is 9.66. The van der Waals surface area contributed by atoms with Crippen molar-refractivity contribution >= 4 is 28.9 Å². The number of nitrogens with zero attached hydrogens (tertiary/aromatic N) is 2. The number of carbonyl (C=O) groups is 1. The Hall–Kier alpha value is -2.11. The second-order valence-electron chi connectivity index (χ2n) is 6.88. The number of unbranched alkanes of at least 4 members (excludes halogenated alkanes) is 2. The molecule has 2 aromatic rings. The van der Waals surface area contributed by atoms with Crippen molar-refractivity contribution in [2.24, 2.45) is 0 Å². The molecule has 1 saturated heterocycles. The van der Waals surface area contributed by atoms with Crippen molar-refractivity contribution in [3.63, 3.8) is 0 Å². The standard InChI is InChI=1S/C21H27ClN4O/c1-2-3-4-7-17-14-19(9-10-24-17)26-12-11-23-15-20(26)21(27)25-18-8-5-6-16(22)13-18/h5-6,8-10,13-14,20,23H,2-4,7,11-12,15H2,1H3,(H,25,27). The molecule has 0 aliphatic carbocycles. The molecule has 1 fully saturated rings. The predicted octanol–water partition coefficient (Wildman–Crippen LogP) is 3.88. The van der Waals surface area contributed by atoms with Gasteiger partial charge in [-0.25, -0.2) is 0 Å². The molecule has 2 N–H and O–H groups in total. The third-order valence-corrected chi connectivity index (χ3v) is 5.04. The number of benzene rings is 1. The van der Waals surface area contributed by atoms with Crippen molar-refractivity contribution in [2.45, 2.75) is 38.6 Å². The number of hydrogen-bond donors (Lipinski definition) is 2. The topological polar surface area (TPSA) is 57.3 Å². The fourth-order valence-corrected chi connectivity index (χ4v) is 3.57. The Morgan fingerprint density at radius 3 is 3.04 bits per heavy atom. The second kappa shape index (κ2) is 9.72. The highest BCUT2D eigenvalue weighted by Crippen LogP contribution is 2.22. The van der Waals surface area contributed by atoms with Crippen LogP contribution in [0.5, 0.6) is 0 Å². The summed E-state index contributed by atoms with van der Waals surface area (Å²) in [7, 11) is 0. The largest absolute Gasteiger partial charge is 0.357 e. The number of nitrogens with one attached hydrogen (secondary N) is 2. The number of piperazine rings is 1. The zero-order chi connectivity index (χ0) is 19.1. The van der Waals surface area contributed by atoms with Gasteiger partial charge in [-0.1, -0.05) is 37.4 Å². The molecule has 0 spiro atoms. The van der Waals surface area contributed by atoms with Gasteiger partial charge in [0.1, 0.15) is 6.04 Å². The first kappa shape index (κ1) is 19.6. The number of carbonyl (C=O) groups excluding carboxylic acids is 1. The molecule has 0 bridgehead atoms. The first-order valence-corrected chi connectivity index (χ1v) is 10.0. The molecule has 1 aliphatic heterocycles. The zero-order valence-electron chi connectivity index (χ0n) is 15.7. The SMILES string of the molecule is CCCCCc1cc(N2CCNCC2C(=O)Nc2cccc(Cl)c2)ccn1. The normalized spacial score (nSPS) is 17.0. The van der Waals surface area contributed by atoms with Crippen LogP contribution < -0.4 is 15.5 Å². The zero-order valence-corrected chi connectivity index (χ0v) is 16.5. The van der Waals surface area contributed by atoms with Crippen LogP contribution >= 0.6 is 11.6 Å². The van der Waals surface area contributed by atoms with E-state index < -0.39 is 0 Å². The average molecular weight is 387 g/mol. The Bertz CT molecular complexity index is 767. The number of halogens is 1. The van der Waals surface area contributed by atoms with Crippen molar-refractivity contribution in [3.8, 4) is 0 Å². The van der Waals surface area contributed by atoms with Gasteiger partial charge >= 0.3 is 0 Å². The average Bonchev–Trinajstić information content (AvgIpc) is 2.68. The van der Waals surface area contributed by atoms with Gasteiger partial charge in [0.05, 0.1) is 0 Å². The van der Waals surface area contributed by atoms with Gasteiger partial charge < -0.3 is 15.5 Å². The lowest BCUT2D eigenvalue weighted by atomic mass is 10.1. The molecule has 2 heterocycles. The van der Waals surface area contributed by atoms with Gasteiger partial charge in [0.2, 0.25) is 5.91 Å². The van der Waals surface area contributed by atoms with Crippen molar-refractivity contribution in [3.05, 3.63) is 53.3 Å². The molecule has 1 amide bonds. The van der Waals surface area contributed by atoms with Gasteiger partial charge in [-0.05, 0) is 43.2 Å². The van der Waals surface area contributed by atoms with Crippen LogP contribution in [0.1, 0.15) is 31.9 Å². The maximum absolute atomic E-state index is 12.9. The van der Waals surface area contributed by atoms with Crippen LogP contribution in [0.2, 0.25) is 5.02 Å². The Kier molecular flexibility index (Phi) is 7.07. The van der Waals surface area contributed by atoms with E-state index in [4.69, 9.17) is 11.6 Å². The molecule has 0 radical (unpaired) electrons. The van der Waals surface area contributed by atoms with Crippen LogP contribution in [0, 0.1) is 0 Å². The molecular weight excluding hydrogens is 360 g/mol. The van der Waals surface area contributed by atoms with E-state index in [-0.39, 0.29) is 11.9 Å². The van der Waals surface area contributed by atoms with Crippen molar-refractivity contribution in [1.29, 1.82) is 0 Å². The Labute approximate surface area is 166 Å². The van der Waals surface area contributed by atoms with E-state index >= 15 is 0 Å². The van der Waals surface area contributed by atoms with Gasteiger partial charge in [-0.3, -0.25) is 9.78 Å². The van der Waals surface area contributed by atoms with Gasteiger partial charge in [0.15, 0.2) is 0 Å². The summed E-state index contributed by atoms with van der Waals surface area (Å²) in [5.74, 6) is -0.0335. The number of aryl methyl sites for hydroxylation is 1. The summed E-state index contributed by atoms with van der Waals surface area (Å²) >= 11 is 6.03. The van der Waals surface area contributed by atoms with Crippen LogP contribution in [0.15, 0.2) is 42.6 Å². The number of aromatic nitrogens is 1. The van der Waals surface area contributed by atoms with Crippen LogP contribution in [-0.2, 0) is 11.2 Å². The van der Waals surface area contributed by atoms with E-state index in [9.17, 15) is 4.79 Å². The molecule has 1 unspecified atom stereocenters. The second-order valence-corrected chi connectivity index (χ2v) is 7.31. The van der Waals surface area contributed by atoms with Crippen LogP contribution in [0.25, 0.3) is 0 Å². The van der Waals surface area contributed by atoms with Crippen molar-refractivity contribution in [2.75, 3.05) is 29.9 Å². The minimum absolute atomic E-state index is 0.0335. The van der Waals surface area contributed by atoms with Gasteiger partial charge in [-0.2, -0.15) is 0 Å². The number of rotatable bonds is 7. The van der Waals surface area contributed by atoms with Gasteiger partial charge in [0.25, 0.3) is 0 Å². The third kappa shape index (κ3) is 5.44. The molecule has 1 aromatic heterocycles. The minimum Gasteiger partial charge on any atom is -0.357 e. The third-order valence-electron chi connectivity index (χ3n) is 4.81. The maximum atomic E-state index is 12.9. The molecule has 1 atom stereocenters. The van der Waals surface area contributed by atoms with E-state index in [1.54, 1.807) is 12.1 Å². The number of pyridine rings is 1.